The number of carbonyl (C=O) groups is 2. The highest BCUT2D eigenvalue weighted by atomic mass is 35.5. The van der Waals surface area contributed by atoms with Gasteiger partial charge in [-0.2, -0.15) is 0 Å². The van der Waals surface area contributed by atoms with Crippen LogP contribution in [0.5, 0.6) is 0 Å². The van der Waals surface area contributed by atoms with Crippen LogP contribution < -0.4 is 4.90 Å². The smallest absolute Gasteiger partial charge is 0.224 e. The number of anilines is 1. The first-order valence-electron chi connectivity index (χ1n) is 9.43. The van der Waals surface area contributed by atoms with Crippen molar-refractivity contribution in [3.8, 4) is 11.1 Å². The molecule has 1 aliphatic heterocycles. The minimum atomic E-state index is -0.0376. The summed E-state index contributed by atoms with van der Waals surface area (Å²) in [6.45, 7) is 3.59. The Morgan fingerprint density at radius 2 is 1.66 bits per heavy atom. The van der Waals surface area contributed by atoms with Crippen molar-refractivity contribution >= 4 is 41.1 Å². The van der Waals surface area contributed by atoms with Crippen LogP contribution in [0.3, 0.4) is 0 Å². The molecule has 0 aromatic heterocycles. The SMILES string of the molecule is CC(=O)c1ccccc1-c1ccc2c(c1)CN(C(C)=O)c1ccc(Cl)cc1C=C2. The molecule has 3 aromatic rings. The zero-order valence-electron chi connectivity index (χ0n) is 16.3. The number of fused-ring (bicyclic) bond motifs is 2. The Labute approximate surface area is 175 Å². The fraction of sp³-hybridized carbons (Fsp3) is 0.120. The van der Waals surface area contributed by atoms with E-state index in [0.29, 0.717) is 17.1 Å². The monoisotopic (exact) mass is 401 g/mol. The lowest BCUT2D eigenvalue weighted by molar-refractivity contribution is -0.116. The number of hydrogen-bond acceptors (Lipinski definition) is 2. The van der Waals surface area contributed by atoms with Gasteiger partial charge in [-0.05, 0) is 59.0 Å². The molecule has 4 rings (SSSR count). The van der Waals surface area contributed by atoms with Gasteiger partial charge in [0.05, 0.1) is 12.2 Å². The third-order valence-corrected chi connectivity index (χ3v) is 5.43. The number of amides is 1. The topological polar surface area (TPSA) is 37.4 Å². The fourth-order valence-electron chi connectivity index (χ4n) is 3.74. The lowest BCUT2D eigenvalue weighted by Gasteiger charge is -2.26. The minimum Gasteiger partial charge on any atom is -0.308 e. The summed E-state index contributed by atoms with van der Waals surface area (Å²) >= 11 is 6.16. The highest BCUT2D eigenvalue weighted by molar-refractivity contribution is 6.30. The van der Waals surface area contributed by atoms with Crippen LogP contribution >= 0.6 is 11.6 Å². The van der Waals surface area contributed by atoms with E-state index < -0.39 is 0 Å². The molecule has 144 valence electrons. The number of benzene rings is 3. The van der Waals surface area contributed by atoms with E-state index in [0.717, 1.165) is 33.5 Å². The van der Waals surface area contributed by atoms with E-state index in [1.54, 1.807) is 24.8 Å². The lowest BCUT2D eigenvalue weighted by Crippen LogP contribution is -2.29. The normalized spacial score (nSPS) is 12.6. The maximum atomic E-state index is 12.4. The van der Waals surface area contributed by atoms with Gasteiger partial charge in [0.15, 0.2) is 5.78 Å². The molecular formula is C25H20ClNO2. The largest absolute Gasteiger partial charge is 0.308 e. The maximum absolute atomic E-state index is 12.4. The third-order valence-electron chi connectivity index (χ3n) is 5.19. The molecule has 0 radical (unpaired) electrons. The molecule has 0 N–H and O–H groups in total. The molecule has 1 amide bonds. The number of hydrogen-bond donors (Lipinski definition) is 0. The van der Waals surface area contributed by atoms with E-state index in [2.05, 4.69) is 6.07 Å². The summed E-state index contributed by atoms with van der Waals surface area (Å²) < 4.78 is 0. The Bertz CT molecular complexity index is 1160. The summed E-state index contributed by atoms with van der Waals surface area (Å²) in [5, 5.41) is 0.633. The molecule has 0 atom stereocenters. The van der Waals surface area contributed by atoms with Crippen LogP contribution in [0.25, 0.3) is 23.3 Å². The van der Waals surface area contributed by atoms with Crippen molar-refractivity contribution in [3.63, 3.8) is 0 Å². The zero-order chi connectivity index (χ0) is 20.5. The first-order valence-corrected chi connectivity index (χ1v) is 9.81. The molecule has 1 heterocycles. The first kappa shape index (κ1) is 19.2. The number of rotatable bonds is 2. The van der Waals surface area contributed by atoms with Crippen molar-refractivity contribution < 1.29 is 9.59 Å². The number of carbonyl (C=O) groups excluding carboxylic acids is 2. The van der Waals surface area contributed by atoms with Crippen molar-refractivity contribution in [1.29, 1.82) is 0 Å². The number of nitrogens with zero attached hydrogens (tertiary/aromatic N) is 1. The van der Waals surface area contributed by atoms with Crippen LogP contribution in [0.4, 0.5) is 5.69 Å². The van der Waals surface area contributed by atoms with Gasteiger partial charge in [-0.3, -0.25) is 9.59 Å². The summed E-state index contributed by atoms with van der Waals surface area (Å²) in [6, 6.07) is 19.3. The molecule has 0 fully saturated rings. The average Bonchev–Trinajstić information content (AvgIpc) is 2.69. The first-order chi connectivity index (χ1) is 13.9. The highest BCUT2D eigenvalue weighted by Gasteiger charge is 2.19. The van der Waals surface area contributed by atoms with Crippen LogP contribution in [0.2, 0.25) is 5.02 Å². The molecule has 3 nitrogen and oxygen atoms in total. The van der Waals surface area contributed by atoms with E-state index >= 15 is 0 Å². The molecule has 0 saturated heterocycles. The molecule has 0 aliphatic carbocycles. The quantitative estimate of drug-likeness (QED) is 0.476. The Kier molecular flexibility index (Phi) is 5.08. The fourth-order valence-corrected chi connectivity index (χ4v) is 3.92. The summed E-state index contributed by atoms with van der Waals surface area (Å²) in [5.41, 5.74) is 6.34. The van der Waals surface area contributed by atoms with Crippen LogP contribution in [0.15, 0.2) is 60.7 Å². The lowest BCUT2D eigenvalue weighted by atomic mass is 9.93. The van der Waals surface area contributed by atoms with Crippen LogP contribution in [0, 0.1) is 0 Å². The predicted molar refractivity (Wildman–Crippen MR) is 119 cm³/mol. The van der Waals surface area contributed by atoms with Crippen LogP contribution in [-0.4, -0.2) is 11.7 Å². The molecule has 29 heavy (non-hydrogen) atoms. The van der Waals surface area contributed by atoms with E-state index in [9.17, 15) is 9.59 Å². The number of ketones is 1. The summed E-state index contributed by atoms with van der Waals surface area (Å²) in [7, 11) is 0. The summed E-state index contributed by atoms with van der Waals surface area (Å²) in [4.78, 5) is 26.3. The van der Waals surface area contributed by atoms with Crippen molar-refractivity contribution in [3.05, 3.63) is 87.9 Å². The second kappa shape index (κ2) is 7.69. The molecular weight excluding hydrogens is 382 g/mol. The summed E-state index contributed by atoms with van der Waals surface area (Å²) in [5.74, 6) is -0.00670. The van der Waals surface area contributed by atoms with E-state index in [1.807, 2.05) is 60.7 Å². The van der Waals surface area contributed by atoms with E-state index in [4.69, 9.17) is 11.6 Å². The van der Waals surface area contributed by atoms with Gasteiger partial charge >= 0.3 is 0 Å². The molecule has 0 unspecified atom stereocenters. The van der Waals surface area contributed by atoms with Gasteiger partial charge in [0, 0.05) is 17.5 Å². The van der Waals surface area contributed by atoms with Gasteiger partial charge in [-0.15, -0.1) is 0 Å². The van der Waals surface area contributed by atoms with Gasteiger partial charge in [0.2, 0.25) is 5.91 Å². The van der Waals surface area contributed by atoms with Crippen molar-refractivity contribution in [1.82, 2.24) is 0 Å². The van der Waals surface area contributed by atoms with Crippen LogP contribution in [-0.2, 0) is 11.3 Å². The number of halogens is 1. The molecule has 3 aromatic carbocycles. The van der Waals surface area contributed by atoms with Gasteiger partial charge < -0.3 is 4.90 Å². The molecule has 0 saturated carbocycles. The second-order valence-electron chi connectivity index (χ2n) is 7.16. The predicted octanol–water partition coefficient (Wildman–Crippen LogP) is 6.25. The zero-order valence-corrected chi connectivity index (χ0v) is 17.0. The van der Waals surface area contributed by atoms with Crippen LogP contribution in [0.1, 0.15) is 40.9 Å². The molecule has 1 aliphatic rings. The summed E-state index contributed by atoms with van der Waals surface area (Å²) in [6.07, 6.45) is 4.03. The van der Waals surface area contributed by atoms with Crippen molar-refractivity contribution in [2.45, 2.75) is 20.4 Å². The Morgan fingerprint density at radius 3 is 2.41 bits per heavy atom. The van der Waals surface area contributed by atoms with Crippen molar-refractivity contribution in [2.24, 2.45) is 0 Å². The molecule has 4 heteroatoms. The minimum absolute atomic E-state index is 0.0309. The van der Waals surface area contributed by atoms with Gasteiger partial charge in [0.1, 0.15) is 0 Å². The van der Waals surface area contributed by atoms with Gasteiger partial charge in [-0.1, -0.05) is 60.2 Å². The Balaban J connectivity index is 1.86. The second-order valence-corrected chi connectivity index (χ2v) is 7.59. The number of Topliss-reactive ketones (excluding diaryl/α,β-unsaturated/α-hetero) is 1. The molecule has 0 bridgehead atoms. The van der Waals surface area contributed by atoms with E-state index in [-0.39, 0.29) is 11.7 Å². The van der Waals surface area contributed by atoms with Gasteiger partial charge in [-0.25, -0.2) is 0 Å². The maximum Gasteiger partial charge on any atom is 0.224 e. The Morgan fingerprint density at radius 1 is 0.897 bits per heavy atom. The Hall–Kier alpha value is -3.17. The third kappa shape index (κ3) is 3.74. The van der Waals surface area contributed by atoms with Gasteiger partial charge in [0.25, 0.3) is 0 Å². The highest BCUT2D eigenvalue weighted by Crippen LogP contribution is 2.33. The average molecular weight is 402 g/mol. The van der Waals surface area contributed by atoms with Crippen molar-refractivity contribution in [2.75, 3.05) is 4.90 Å². The molecule has 0 spiro atoms. The van der Waals surface area contributed by atoms with E-state index in [1.165, 1.54) is 0 Å². The standard InChI is InChI=1S/C25H20ClNO2/c1-16(28)23-5-3-4-6-24(23)19-9-7-18-8-10-20-14-22(26)11-12-25(20)27(17(2)29)15-21(18)13-19/h3-14H,15H2,1-2H3.